The van der Waals surface area contributed by atoms with Crippen molar-refractivity contribution in [2.24, 2.45) is 0 Å². The van der Waals surface area contributed by atoms with Crippen LogP contribution in [0.4, 0.5) is 0 Å². The maximum absolute atomic E-state index is 12.5. The number of hydrogen-bond acceptors (Lipinski definition) is 3. The van der Waals surface area contributed by atoms with Gasteiger partial charge in [-0.05, 0) is 44.2 Å². The highest BCUT2D eigenvalue weighted by Crippen LogP contribution is 2.25. The fourth-order valence-corrected chi connectivity index (χ4v) is 3.65. The summed E-state index contributed by atoms with van der Waals surface area (Å²) in [5, 5.41) is 13.4. The first-order valence-corrected chi connectivity index (χ1v) is 9.07. The fraction of sp³-hybridized carbons (Fsp3) is 0.450. The molecule has 2 aromatic rings. The molecular weight excluding hydrogens is 330 g/mol. The number of carbonyl (C=O) groups is 2. The molecule has 138 valence electrons. The normalized spacial score (nSPS) is 15.2. The molecule has 1 fully saturated rings. The van der Waals surface area contributed by atoms with Gasteiger partial charge in [0.25, 0.3) is 0 Å². The lowest BCUT2D eigenvalue weighted by atomic mass is 10.0. The number of carbonyl (C=O) groups excluding carboxylic acids is 1. The van der Waals surface area contributed by atoms with Gasteiger partial charge in [0.05, 0.1) is 17.9 Å². The van der Waals surface area contributed by atoms with Gasteiger partial charge in [0.2, 0.25) is 5.91 Å². The van der Waals surface area contributed by atoms with E-state index in [-0.39, 0.29) is 17.5 Å². The molecule has 1 aliphatic rings. The Morgan fingerprint density at radius 1 is 1.19 bits per heavy atom. The van der Waals surface area contributed by atoms with Gasteiger partial charge < -0.3 is 10.0 Å². The molecule has 1 N–H and O–H groups in total. The smallest absolute Gasteiger partial charge is 0.339 e. The molecule has 1 amide bonds. The summed E-state index contributed by atoms with van der Waals surface area (Å²) in [6.07, 6.45) is 4.32. The van der Waals surface area contributed by atoms with Crippen molar-refractivity contribution < 1.29 is 14.7 Å². The maximum atomic E-state index is 12.5. The topological polar surface area (TPSA) is 75.4 Å². The van der Waals surface area contributed by atoms with E-state index in [1.54, 1.807) is 11.6 Å². The minimum atomic E-state index is -0.947. The molecule has 1 aromatic heterocycles. The van der Waals surface area contributed by atoms with E-state index >= 15 is 0 Å². The average Bonchev–Trinajstić information content (AvgIpc) is 3.02. The van der Waals surface area contributed by atoms with Crippen molar-refractivity contribution in [3.05, 3.63) is 52.8 Å². The van der Waals surface area contributed by atoms with Crippen LogP contribution in [-0.2, 0) is 11.2 Å². The molecule has 26 heavy (non-hydrogen) atoms. The standard InChI is InChI=1S/C20H25N3O3/c1-14-5-3-4-6-16(14)7-8-19(24)22-11-9-17(10-12-22)23-15(2)18(13-21-23)20(25)26/h3-6,13,17H,7-12H2,1-2H3,(H,25,26). The molecule has 1 aliphatic heterocycles. The Kier molecular flexibility index (Phi) is 5.40. The second-order valence-corrected chi connectivity index (χ2v) is 6.93. The number of aromatic carboxylic acids is 1. The van der Waals surface area contributed by atoms with Gasteiger partial charge >= 0.3 is 5.97 Å². The summed E-state index contributed by atoms with van der Waals surface area (Å²) in [4.78, 5) is 25.6. The van der Waals surface area contributed by atoms with Crippen LogP contribution in [0.5, 0.6) is 0 Å². The van der Waals surface area contributed by atoms with Gasteiger partial charge in [-0.2, -0.15) is 5.10 Å². The van der Waals surface area contributed by atoms with Crippen molar-refractivity contribution in [1.82, 2.24) is 14.7 Å². The van der Waals surface area contributed by atoms with Crippen molar-refractivity contribution in [2.45, 2.75) is 45.6 Å². The summed E-state index contributed by atoms with van der Waals surface area (Å²) in [7, 11) is 0. The molecule has 0 unspecified atom stereocenters. The number of likely N-dealkylation sites (tertiary alicyclic amines) is 1. The lowest BCUT2D eigenvalue weighted by Crippen LogP contribution is -2.39. The van der Waals surface area contributed by atoms with Gasteiger partial charge in [-0.25, -0.2) is 4.79 Å². The predicted octanol–water partition coefficient (Wildman–Crippen LogP) is 2.99. The number of aromatic nitrogens is 2. The van der Waals surface area contributed by atoms with Crippen LogP contribution < -0.4 is 0 Å². The quantitative estimate of drug-likeness (QED) is 0.895. The lowest BCUT2D eigenvalue weighted by molar-refractivity contribution is -0.132. The van der Waals surface area contributed by atoms with Gasteiger partial charge in [0.1, 0.15) is 5.56 Å². The Bertz CT molecular complexity index is 804. The molecule has 3 rings (SSSR count). The summed E-state index contributed by atoms with van der Waals surface area (Å²) < 4.78 is 1.80. The third-order valence-corrected chi connectivity index (χ3v) is 5.31. The number of hydrogen-bond donors (Lipinski definition) is 1. The molecular formula is C20H25N3O3. The number of nitrogens with zero attached hydrogens (tertiary/aromatic N) is 3. The SMILES string of the molecule is Cc1ccccc1CCC(=O)N1CCC(n2ncc(C(=O)O)c2C)CC1. The van der Waals surface area contributed by atoms with Crippen molar-refractivity contribution in [2.75, 3.05) is 13.1 Å². The highest BCUT2D eigenvalue weighted by molar-refractivity contribution is 5.88. The summed E-state index contributed by atoms with van der Waals surface area (Å²) in [6.45, 7) is 5.25. The fourth-order valence-electron chi connectivity index (χ4n) is 3.65. The van der Waals surface area contributed by atoms with E-state index in [9.17, 15) is 9.59 Å². The number of benzene rings is 1. The van der Waals surface area contributed by atoms with E-state index in [1.807, 2.05) is 17.0 Å². The predicted molar refractivity (Wildman–Crippen MR) is 98.3 cm³/mol. The molecule has 0 spiro atoms. The van der Waals surface area contributed by atoms with Gasteiger partial charge in [-0.1, -0.05) is 24.3 Å². The van der Waals surface area contributed by atoms with Crippen LogP contribution in [0.3, 0.4) is 0 Å². The number of carboxylic acid groups (broad SMARTS) is 1. The first-order chi connectivity index (χ1) is 12.5. The van der Waals surface area contributed by atoms with Gasteiger partial charge in [-0.15, -0.1) is 0 Å². The molecule has 1 saturated heterocycles. The van der Waals surface area contributed by atoms with Crippen LogP contribution in [0.25, 0.3) is 0 Å². The summed E-state index contributed by atoms with van der Waals surface area (Å²) >= 11 is 0. The van der Waals surface area contributed by atoms with Crippen LogP contribution in [0.15, 0.2) is 30.5 Å². The van der Waals surface area contributed by atoms with E-state index in [2.05, 4.69) is 24.2 Å². The lowest BCUT2D eigenvalue weighted by Gasteiger charge is -2.32. The molecule has 0 aliphatic carbocycles. The van der Waals surface area contributed by atoms with Crippen LogP contribution in [0, 0.1) is 13.8 Å². The Balaban J connectivity index is 1.54. The van der Waals surface area contributed by atoms with Gasteiger partial charge in [-0.3, -0.25) is 9.48 Å². The Hall–Kier alpha value is -2.63. The van der Waals surface area contributed by atoms with E-state index in [1.165, 1.54) is 17.3 Å². The molecule has 0 bridgehead atoms. The minimum absolute atomic E-state index is 0.156. The van der Waals surface area contributed by atoms with E-state index < -0.39 is 5.97 Å². The molecule has 1 aromatic carbocycles. The second-order valence-electron chi connectivity index (χ2n) is 6.93. The number of rotatable bonds is 5. The Labute approximate surface area is 153 Å². The van der Waals surface area contributed by atoms with Crippen molar-refractivity contribution in [3.8, 4) is 0 Å². The third-order valence-electron chi connectivity index (χ3n) is 5.31. The molecule has 6 heteroatoms. The van der Waals surface area contributed by atoms with Crippen LogP contribution >= 0.6 is 0 Å². The monoisotopic (exact) mass is 355 g/mol. The van der Waals surface area contributed by atoms with Crippen LogP contribution in [0.2, 0.25) is 0 Å². The van der Waals surface area contributed by atoms with Crippen molar-refractivity contribution in [1.29, 1.82) is 0 Å². The number of amides is 1. The van der Waals surface area contributed by atoms with Crippen LogP contribution in [-0.4, -0.2) is 44.8 Å². The third kappa shape index (κ3) is 3.79. The highest BCUT2D eigenvalue weighted by atomic mass is 16.4. The number of piperidine rings is 1. The first kappa shape index (κ1) is 18.2. The largest absolute Gasteiger partial charge is 0.478 e. The molecule has 6 nitrogen and oxygen atoms in total. The Morgan fingerprint density at radius 2 is 1.88 bits per heavy atom. The second kappa shape index (κ2) is 7.72. The maximum Gasteiger partial charge on any atom is 0.339 e. The summed E-state index contributed by atoms with van der Waals surface area (Å²) in [6, 6.07) is 8.33. The zero-order valence-corrected chi connectivity index (χ0v) is 15.3. The summed E-state index contributed by atoms with van der Waals surface area (Å²) in [5.74, 6) is -0.757. The molecule has 0 saturated carbocycles. The molecule has 0 atom stereocenters. The van der Waals surface area contributed by atoms with Crippen molar-refractivity contribution >= 4 is 11.9 Å². The summed E-state index contributed by atoms with van der Waals surface area (Å²) in [5.41, 5.74) is 3.38. The number of carboxylic acids is 1. The average molecular weight is 355 g/mol. The van der Waals surface area contributed by atoms with Gasteiger partial charge in [0, 0.05) is 19.5 Å². The van der Waals surface area contributed by atoms with Crippen molar-refractivity contribution in [3.63, 3.8) is 0 Å². The molecule has 0 radical (unpaired) electrons. The van der Waals surface area contributed by atoms with E-state index in [0.29, 0.717) is 25.2 Å². The minimum Gasteiger partial charge on any atom is -0.478 e. The van der Waals surface area contributed by atoms with E-state index in [0.717, 1.165) is 19.3 Å². The van der Waals surface area contributed by atoms with Crippen LogP contribution in [0.1, 0.15) is 52.5 Å². The number of aryl methyl sites for hydroxylation is 2. The Morgan fingerprint density at radius 3 is 2.50 bits per heavy atom. The zero-order valence-electron chi connectivity index (χ0n) is 15.3. The van der Waals surface area contributed by atoms with E-state index in [4.69, 9.17) is 5.11 Å². The first-order valence-electron chi connectivity index (χ1n) is 9.07. The zero-order chi connectivity index (χ0) is 18.7. The van der Waals surface area contributed by atoms with Gasteiger partial charge in [0.15, 0.2) is 0 Å². The highest BCUT2D eigenvalue weighted by Gasteiger charge is 2.26. The molecule has 2 heterocycles.